The largest absolute Gasteiger partial charge is 0.395 e. The van der Waals surface area contributed by atoms with Crippen molar-refractivity contribution in [2.24, 2.45) is 0 Å². The predicted octanol–water partition coefficient (Wildman–Crippen LogP) is -0.644. The lowest BCUT2D eigenvalue weighted by Gasteiger charge is -2.28. The van der Waals surface area contributed by atoms with Gasteiger partial charge in [0.15, 0.2) is 0 Å². The Morgan fingerprint density at radius 3 is 3.00 bits per heavy atom. The van der Waals surface area contributed by atoms with Gasteiger partial charge in [-0.15, -0.1) is 0 Å². The van der Waals surface area contributed by atoms with Crippen LogP contribution in [0.1, 0.15) is 6.92 Å². The SMILES string of the molecule is CC1OCCNC1CO. The zero-order chi connectivity index (χ0) is 6.69. The van der Waals surface area contributed by atoms with E-state index in [1.165, 1.54) is 0 Å². The monoisotopic (exact) mass is 131 g/mol. The molecule has 2 atom stereocenters. The molecule has 0 spiro atoms. The van der Waals surface area contributed by atoms with E-state index in [4.69, 9.17) is 9.84 Å². The van der Waals surface area contributed by atoms with Gasteiger partial charge < -0.3 is 15.2 Å². The molecule has 0 aromatic carbocycles. The van der Waals surface area contributed by atoms with Gasteiger partial charge in [-0.1, -0.05) is 0 Å². The molecule has 2 unspecified atom stereocenters. The Bertz CT molecular complexity index is 87.1. The molecule has 0 aromatic rings. The smallest absolute Gasteiger partial charge is 0.0723 e. The molecule has 9 heavy (non-hydrogen) atoms. The van der Waals surface area contributed by atoms with Crippen LogP contribution >= 0.6 is 0 Å². The Kier molecular flexibility index (Phi) is 2.45. The summed E-state index contributed by atoms with van der Waals surface area (Å²) in [5, 5.41) is 11.9. The van der Waals surface area contributed by atoms with E-state index in [1.54, 1.807) is 0 Å². The van der Waals surface area contributed by atoms with Crippen LogP contribution in [0.25, 0.3) is 0 Å². The van der Waals surface area contributed by atoms with Crippen LogP contribution in [0.15, 0.2) is 0 Å². The molecule has 0 radical (unpaired) electrons. The van der Waals surface area contributed by atoms with Crippen LogP contribution < -0.4 is 5.32 Å². The minimum Gasteiger partial charge on any atom is -0.395 e. The average molecular weight is 131 g/mol. The minimum atomic E-state index is 0.138. The van der Waals surface area contributed by atoms with Gasteiger partial charge in [0.1, 0.15) is 0 Å². The summed E-state index contributed by atoms with van der Waals surface area (Å²) < 4.78 is 5.26. The first-order valence-corrected chi connectivity index (χ1v) is 3.30. The van der Waals surface area contributed by atoms with Crippen LogP contribution in [-0.2, 0) is 4.74 Å². The molecule has 0 aliphatic carbocycles. The Morgan fingerprint density at radius 2 is 2.56 bits per heavy atom. The van der Waals surface area contributed by atoms with E-state index < -0.39 is 0 Å². The first kappa shape index (κ1) is 6.99. The van der Waals surface area contributed by atoms with Gasteiger partial charge in [0.05, 0.1) is 25.4 Å². The van der Waals surface area contributed by atoms with Crippen molar-refractivity contribution in [1.29, 1.82) is 0 Å². The first-order chi connectivity index (χ1) is 4.34. The molecule has 3 heteroatoms. The Balaban J connectivity index is 2.30. The molecule has 1 rings (SSSR count). The van der Waals surface area contributed by atoms with Gasteiger partial charge in [-0.3, -0.25) is 0 Å². The standard InChI is InChI=1S/C6H13NO2/c1-5-6(4-8)7-2-3-9-5/h5-8H,2-4H2,1H3. The number of hydrogen-bond acceptors (Lipinski definition) is 3. The predicted molar refractivity (Wildman–Crippen MR) is 34.3 cm³/mol. The number of morpholine rings is 1. The molecule has 0 saturated carbocycles. The van der Waals surface area contributed by atoms with E-state index in [0.29, 0.717) is 0 Å². The highest BCUT2D eigenvalue weighted by atomic mass is 16.5. The van der Waals surface area contributed by atoms with Crippen molar-refractivity contribution in [2.75, 3.05) is 19.8 Å². The third-order valence-corrected chi connectivity index (χ3v) is 1.65. The quantitative estimate of drug-likeness (QED) is 0.497. The molecule has 3 nitrogen and oxygen atoms in total. The summed E-state index contributed by atoms with van der Waals surface area (Å²) in [6.07, 6.45) is 0.156. The third-order valence-electron chi connectivity index (χ3n) is 1.65. The van der Waals surface area contributed by atoms with Gasteiger partial charge in [-0.2, -0.15) is 0 Å². The summed E-state index contributed by atoms with van der Waals surface area (Å²) in [7, 11) is 0. The van der Waals surface area contributed by atoms with E-state index in [-0.39, 0.29) is 18.8 Å². The zero-order valence-electron chi connectivity index (χ0n) is 5.63. The number of rotatable bonds is 1. The van der Waals surface area contributed by atoms with Crippen LogP contribution in [0.4, 0.5) is 0 Å². The van der Waals surface area contributed by atoms with Crippen molar-refractivity contribution >= 4 is 0 Å². The van der Waals surface area contributed by atoms with Crippen LogP contribution in [0, 0.1) is 0 Å². The summed E-state index contributed by atoms with van der Waals surface area (Å²) in [6.45, 7) is 3.75. The fourth-order valence-corrected chi connectivity index (χ4v) is 0.984. The van der Waals surface area contributed by atoms with Crippen molar-refractivity contribution in [3.05, 3.63) is 0 Å². The lowest BCUT2D eigenvalue weighted by molar-refractivity contribution is -0.00795. The van der Waals surface area contributed by atoms with E-state index in [2.05, 4.69) is 5.32 Å². The van der Waals surface area contributed by atoms with Crippen molar-refractivity contribution in [2.45, 2.75) is 19.1 Å². The molecule has 54 valence electrons. The molecule has 0 aromatic heterocycles. The van der Waals surface area contributed by atoms with E-state index >= 15 is 0 Å². The Morgan fingerprint density at radius 1 is 1.78 bits per heavy atom. The number of aliphatic hydroxyl groups is 1. The van der Waals surface area contributed by atoms with Crippen LogP contribution in [-0.4, -0.2) is 37.0 Å². The maximum Gasteiger partial charge on any atom is 0.0723 e. The van der Waals surface area contributed by atoms with E-state index in [1.807, 2.05) is 6.92 Å². The second-order valence-corrected chi connectivity index (χ2v) is 2.32. The highest BCUT2D eigenvalue weighted by molar-refractivity contribution is 4.75. The molecule has 1 saturated heterocycles. The van der Waals surface area contributed by atoms with Gasteiger partial charge in [0, 0.05) is 6.54 Å². The van der Waals surface area contributed by atoms with Crippen molar-refractivity contribution < 1.29 is 9.84 Å². The average Bonchev–Trinajstić information content (AvgIpc) is 1.89. The van der Waals surface area contributed by atoms with Gasteiger partial charge in [0.2, 0.25) is 0 Å². The maximum absolute atomic E-state index is 8.72. The zero-order valence-corrected chi connectivity index (χ0v) is 5.63. The van der Waals surface area contributed by atoms with Gasteiger partial charge >= 0.3 is 0 Å². The topological polar surface area (TPSA) is 41.5 Å². The first-order valence-electron chi connectivity index (χ1n) is 3.30. The summed E-state index contributed by atoms with van der Waals surface area (Å²) >= 11 is 0. The Hall–Kier alpha value is -0.120. The van der Waals surface area contributed by atoms with Gasteiger partial charge in [-0.05, 0) is 6.92 Å². The molecule has 1 aliphatic rings. The minimum absolute atomic E-state index is 0.138. The molecule has 2 N–H and O–H groups in total. The molecular weight excluding hydrogens is 118 g/mol. The van der Waals surface area contributed by atoms with Crippen molar-refractivity contribution in [3.63, 3.8) is 0 Å². The summed E-state index contributed by atoms with van der Waals surface area (Å²) in [5.74, 6) is 0. The van der Waals surface area contributed by atoms with Crippen LogP contribution in [0.5, 0.6) is 0 Å². The van der Waals surface area contributed by atoms with E-state index in [0.717, 1.165) is 13.2 Å². The lowest BCUT2D eigenvalue weighted by atomic mass is 10.2. The Labute approximate surface area is 55.0 Å². The summed E-state index contributed by atoms with van der Waals surface area (Å²) in [4.78, 5) is 0. The molecule has 0 bridgehead atoms. The number of ether oxygens (including phenoxy) is 1. The number of aliphatic hydroxyl groups excluding tert-OH is 1. The van der Waals surface area contributed by atoms with Gasteiger partial charge in [0.25, 0.3) is 0 Å². The second-order valence-electron chi connectivity index (χ2n) is 2.32. The van der Waals surface area contributed by atoms with Gasteiger partial charge in [-0.25, -0.2) is 0 Å². The number of hydrogen-bond donors (Lipinski definition) is 2. The molecule has 0 amide bonds. The molecular formula is C6H13NO2. The lowest BCUT2D eigenvalue weighted by Crippen LogP contribution is -2.48. The molecule has 1 aliphatic heterocycles. The maximum atomic E-state index is 8.72. The highest BCUT2D eigenvalue weighted by Crippen LogP contribution is 2.01. The van der Waals surface area contributed by atoms with Crippen LogP contribution in [0.3, 0.4) is 0 Å². The van der Waals surface area contributed by atoms with E-state index in [9.17, 15) is 0 Å². The van der Waals surface area contributed by atoms with Crippen molar-refractivity contribution in [1.82, 2.24) is 5.32 Å². The molecule has 1 fully saturated rings. The van der Waals surface area contributed by atoms with Crippen LogP contribution in [0.2, 0.25) is 0 Å². The fourth-order valence-electron chi connectivity index (χ4n) is 0.984. The summed E-state index contributed by atoms with van der Waals surface area (Å²) in [5.41, 5.74) is 0. The second kappa shape index (κ2) is 3.15. The van der Waals surface area contributed by atoms with Crippen molar-refractivity contribution in [3.8, 4) is 0 Å². The highest BCUT2D eigenvalue weighted by Gasteiger charge is 2.19. The third kappa shape index (κ3) is 1.64. The normalized spacial score (nSPS) is 36.7. The molecule has 1 heterocycles. The number of nitrogens with one attached hydrogen (secondary N) is 1. The summed E-state index contributed by atoms with van der Waals surface area (Å²) in [6, 6.07) is 0.138. The fraction of sp³-hybridized carbons (Fsp3) is 1.00.